The molecule has 98 valence electrons. The number of rotatable bonds is 5. The van der Waals surface area contributed by atoms with E-state index < -0.39 is 5.97 Å². The minimum atomic E-state index is -0.755. The molecule has 0 aromatic heterocycles. The van der Waals surface area contributed by atoms with Gasteiger partial charge < -0.3 is 15.6 Å². The second-order valence-corrected chi connectivity index (χ2v) is 5.21. The third-order valence-electron chi connectivity index (χ3n) is 3.36. The van der Waals surface area contributed by atoms with Crippen molar-refractivity contribution >= 4 is 5.97 Å². The molecule has 1 aliphatic rings. The van der Waals surface area contributed by atoms with Crippen molar-refractivity contribution in [1.82, 2.24) is 0 Å². The number of nitrogens with two attached hydrogens (primary N) is 1. The van der Waals surface area contributed by atoms with Crippen LogP contribution in [0.4, 0.5) is 0 Å². The quantitative estimate of drug-likeness (QED) is 0.830. The molecule has 1 heterocycles. The lowest BCUT2D eigenvalue weighted by molar-refractivity contribution is -0.137. The molecule has 1 atom stereocenters. The maximum absolute atomic E-state index is 10.7. The summed E-state index contributed by atoms with van der Waals surface area (Å²) in [4.78, 5) is 10.7. The van der Waals surface area contributed by atoms with Gasteiger partial charge in [-0.3, -0.25) is 4.79 Å². The number of carboxylic acid groups (broad SMARTS) is 1. The first-order valence-electron chi connectivity index (χ1n) is 6.18. The first-order chi connectivity index (χ1) is 8.51. The molecule has 1 aromatic rings. The number of carbonyl (C=O) groups is 1. The van der Waals surface area contributed by atoms with E-state index in [-0.39, 0.29) is 17.9 Å². The van der Waals surface area contributed by atoms with E-state index >= 15 is 0 Å². The fraction of sp³-hybridized carbons (Fsp3) is 0.500. The van der Waals surface area contributed by atoms with Crippen molar-refractivity contribution in [3.05, 3.63) is 35.4 Å². The highest BCUT2D eigenvalue weighted by molar-refractivity contribution is 5.67. The fourth-order valence-corrected chi connectivity index (χ4v) is 2.41. The van der Waals surface area contributed by atoms with E-state index in [9.17, 15) is 4.79 Å². The highest BCUT2D eigenvalue weighted by Crippen LogP contribution is 2.30. The molecule has 0 saturated carbocycles. The van der Waals surface area contributed by atoms with Crippen LogP contribution in [-0.4, -0.2) is 24.3 Å². The number of ether oxygens (including phenoxy) is 1. The van der Waals surface area contributed by atoms with Crippen LogP contribution in [0.3, 0.4) is 0 Å². The van der Waals surface area contributed by atoms with Crippen molar-refractivity contribution < 1.29 is 14.6 Å². The number of carboxylic acids is 1. The largest absolute Gasteiger partial charge is 0.481 e. The Morgan fingerprint density at radius 1 is 1.50 bits per heavy atom. The smallest absolute Gasteiger partial charge is 0.303 e. The SMILES string of the molecule is CC(CC(=O)O)Cc1ccccc1C1(N)COC1. The summed E-state index contributed by atoms with van der Waals surface area (Å²) >= 11 is 0. The van der Waals surface area contributed by atoms with Crippen molar-refractivity contribution in [1.29, 1.82) is 0 Å². The molecule has 1 aromatic carbocycles. The highest BCUT2D eigenvalue weighted by atomic mass is 16.5. The maximum Gasteiger partial charge on any atom is 0.303 e. The molecule has 1 fully saturated rings. The van der Waals surface area contributed by atoms with Gasteiger partial charge in [0.05, 0.1) is 18.8 Å². The van der Waals surface area contributed by atoms with Crippen LogP contribution in [0.2, 0.25) is 0 Å². The number of hydrogen-bond acceptors (Lipinski definition) is 3. The highest BCUT2D eigenvalue weighted by Gasteiger charge is 2.37. The van der Waals surface area contributed by atoms with Crippen molar-refractivity contribution in [3.63, 3.8) is 0 Å². The summed E-state index contributed by atoms with van der Waals surface area (Å²) in [7, 11) is 0. The molecule has 1 unspecified atom stereocenters. The Morgan fingerprint density at radius 2 is 2.17 bits per heavy atom. The topological polar surface area (TPSA) is 72.5 Å². The van der Waals surface area contributed by atoms with E-state index in [0.29, 0.717) is 13.2 Å². The van der Waals surface area contributed by atoms with Gasteiger partial charge in [0.25, 0.3) is 0 Å². The predicted molar refractivity (Wildman–Crippen MR) is 68.2 cm³/mol. The molecule has 2 rings (SSSR count). The fourth-order valence-electron chi connectivity index (χ4n) is 2.41. The standard InChI is InChI=1S/C14H19NO3/c1-10(7-13(16)17)6-11-4-2-3-5-12(11)14(15)8-18-9-14/h2-5,10H,6-9,15H2,1H3,(H,16,17). The summed E-state index contributed by atoms with van der Waals surface area (Å²) in [5.41, 5.74) is 8.10. The van der Waals surface area contributed by atoms with Gasteiger partial charge in [-0.1, -0.05) is 31.2 Å². The Kier molecular flexibility index (Phi) is 3.68. The van der Waals surface area contributed by atoms with Gasteiger partial charge in [-0.2, -0.15) is 0 Å². The lowest BCUT2D eigenvalue weighted by Crippen LogP contribution is -2.54. The molecule has 4 heteroatoms. The van der Waals surface area contributed by atoms with Crippen LogP contribution in [0.1, 0.15) is 24.5 Å². The number of hydrogen-bond donors (Lipinski definition) is 2. The van der Waals surface area contributed by atoms with Gasteiger partial charge in [0, 0.05) is 6.42 Å². The van der Waals surface area contributed by atoms with Crippen LogP contribution in [0, 0.1) is 5.92 Å². The molecule has 1 saturated heterocycles. The average Bonchev–Trinajstić information content (AvgIpc) is 2.25. The first kappa shape index (κ1) is 13.1. The summed E-state index contributed by atoms with van der Waals surface area (Å²) in [5, 5.41) is 8.80. The normalized spacial score (nSPS) is 19.0. The van der Waals surface area contributed by atoms with Gasteiger partial charge in [0.15, 0.2) is 0 Å². The lowest BCUT2D eigenvalue weighted by Gasteiger charge is -2.39. The Bertz CT molecular complexity index is 440. The molecular formula is C14H19NO3. The van der Waals surface area contributed by atoms with Crippen LogP contribution in [0.5, 0.6) is 0 Å². The molecule has 4 nitrogen and oxygen atoms in total. The summed E-state index contributed by atoms with van der Waals surface area (Å²) in [6.07, 6.45) is 0.920. The van der Waals surface area contributed by atoms with Crippen LogP contribution < -0.4 is 5.73 Å². The van der Waals surface area contributed by atoms with Crippen LogP contribution in [0.25, 0.3) is 0 Å². The Hall–Kier alpha value is -1.39. The summed E-state index contributed by atoms with van der Waals surface area (Å²) in [5.74, 6) is -0.650. The van der Waals surface area contributed by atoms with Gasteiger partial charge in [-0.15, -0.1) is 0 Å². The molecule has 0 spiro atoms. The second-order valence-electron chi connectivity index (χ2n) is 5.21. The second kappa shape index (κ2) is 5.08. The molecular weight excluding hydrogens is 230 g/mol. The summed E-state index contributed by atoms with van der Waals surface area (Å²) in [6.45, 7) is 3.03. The molecule has 3 N–H and O–H groups in total. The van der Waals surface area contributed by atoms with E-state index in [2.05, 4.69) is 0 Å². The average molecular weight is 249 g/mol. The summed E-state index contributed by atoms with van der Waals surface area (Å²) in [6, 6.07) is 7.98. The minimum absolute atomic E-state index is 0.105. The van der Waals surface area contributed by atoms with E-state index in [1.54, 1.807) is 0 Å². The minimum Gasteiger partial charge on any atom is -0.481 e. The van der Waals surface area contributed by atoms with Crippen molar-refractivity contribution in [2.75, 3.05) is 13.2 Å². The van der Waals surface area contributed by atoms with Crippen LogP contribution in [0.15, 0.2) is 24.3 Å². The zero-order valence-electron chi connectivity index (χ0n) is 10.6. The molecule has 0 bridgehead atoms. The molecule has 1 aliphatic heterocycles. The van der Waals surface area contributed by atoms with Gasteiger partial charge in [0.1, 0.15) is 0 Å². The summed E-state index contributed by atoms with van der Waals surface area (Å²) < 4.78 is 5.20. The maximum atomic E-state index is 10.7. The van der Waals surface area contributed by atoms with Crippen LogP contribution >= 0.6 is 0 Å². The number of benzene rings is 1. The van der Waals surface area contributed by atoms with Gasteiger partial charge in [-0.05, 0) is 23.5 Å². The van der Waals surface area contributed by atoms with E-state index in [1.165, 1.54) is 0 Å². The first-order valence-corrected chi connectivity index (χ1v) is 6.18. The van der Waals surface area contributed by atoms with E-state index in [1.807, 2.05) is 31.2 Å². The van der Waals surface area contributed by atoms with Gasteiger partial charge in [0.2, 0.25) is 0 Å². The predicted octanol–water partition coefficient (Wildman–Crippen LogP) is 1.52. The monoisotopic (exact) mass is 249 g/mol. The van der Waals surface area contributed by atoms with Gasteiger partial charge >= 0.3 is 5.97 Å². The molecule has 0 aliphatic carbocycles. The van der Waals surface area contributed by atoms with E-state index in [4.69, 9.17) is 15.6 Å². The number of aliphatic carboxylic acids is 1. The Balaban J connectivity index is 2.15. The van der Waals surface area contributed by atoms with Crippen molar-refractivity contribution in [2.24, 2.45) is 11.7 Å². The van der Waals surface area contributed by atoms with Crippen molar-refractivity contribution in [2.45, 2.75) is 25.3 Å². The van der Waals surface area contributed by atoms with E-state index in [0.717, 1.165) is 17.5 Å². The third kappa shape index (κ3) is 2.71. The third-order valence-corrected chi connectivity index (χ3v) is 3.36. The zero-order chi connectivity index (χ0) is 13.2. The Labute approximate surface area is 107 Å². The molecule has 18 heavy (non-hydrogen) atoms. The van der Waals surface area contributed by atoms with Crippen LogP contribution in [-0.2, 0) is 21.5 Å². The molecule has 0 radical (unpaired) electrons. The Morgan fingerprint density at radius 3 is 2.72 bits per heavy atom. The van der Waals surface area contributed by atoms with Gasteiger partial charge in [-0.25, -0.2) is 0 Å². The lowest BCUT2D eigenvalue weighted by atomic mass is 9.83. The van der Waals surface area contributed by atoms with Crippen molar-refractivity contribution in [3.8, 4) is 0 Å². The zero-order valence-corrected chi connectivity index (χ0v) is 10.6. The molecule has 0 amide bonds.